The molecular formula is C20H31N3O2. The summed E-state index contributed by atoms with van der Waals surface area (Å²) >= 11 is 0. The van der Waals surface area contributed by atoms with Crippen LogP contribution < -0.4 is 10.6 Å². The molecule has 2 aliphatic heterocycles. The Balaban J connectivity index is 1.34. The molecule has 2 fully saturated rings. The van der Waals surface area contributed by atoms with Crippen LogP contribution in [0.25, 0.3) is 0 Å². The van der Waals surface area contributed by atoms with E-state index in [-0.39, 0.29) is 12.0 Å². The molecule has 1 amide bonds. The average molecular weight is 345 g/mol. The quantitative estimate of drug-likeness (QED) is 0.791. The van der Waals surface area contributed by atoms with Gasteiger partial charge in [0.2, 0.25) is 5.91 Å². The fraction of sp³-hybridized carbons (Fsp3) is 0.650. The van der Waals surface area contributed by atoms with Crippen molar-refractivity contribution in [3.05, 3.63) is 35.9 Å². The van der Waals surface area contributed by atoms with Gasteiger partial charge in [-0.15, -0.1) is 0 Å². The minimum Gasteiger partial charge on any atom is -0.375 e. The first-order valence-electron chi connectivity index (χ1n) is 9.65. The van der Waals surface area contributed by atoms with Crippen LogP contribution in [0.4, 0.5) is 0 Å². The van der Waals surface area contributed by atoms with Crippen molar-refractivity contribution in [2.24, 2.45) is 5.92 Å². The normalized spacial score (nSPS) is 24.8. The Labute approximate surface area is 151 Å². The molecule has 5 heteroatoms. The molecule has 5 nitrogen and oxygen atoms in total. The molecule has 138 valence electrons. The zero-order valence-corrected chi connectivity index (χ0v) is 15.1. The molecule has 2 heterocycles. The first-order chi connectivity index (χ1) is 12.3. The van der Waals surface area contributed by atoms with Crippen LogP contribution in [0.2, 0.25) is 0 Å². The second kappa shape index (κ2) is 9.90. The van der Waals surface area contributed by atoms with Crippen LogP contribution in [0.5, 0.6) is 0 Å². The van der Waals surface area contributed by atoms with Gasteiger partial charge in [0.05, 0.1) is 19.1 Å². The number of nitrogens with zero attached hydrogens (tertiary/aromatic N) is 1. The molecule has 2 unspecified atom stereocenters. The predicted octanol–water partition coefficient (Wildman–Crippen LogP) is 1.78. The molecule has 2 atom stereocenters. The Morgan fingerprint density at radius 3 is 3.00 bits per heavy atom. The van der Waals surface area contributed by atoms with Crippen molar-refractivity contribution in [3.63, 3.8) is 0 Å². The number of rotatable bonds is 7. The second-order valence-corrected chi connectivity index (χ2v) is 7.27. The average Bonchev–Trinajstić information content (AvgIpc) is 2.64. The topological polar surface area (TPSA) is 53.6 Å². The van der Waals surface area contributed by atoms with Gasteiger partial charge in [0.1, 0.15) is 0 Å². The highest BCUT2D eigenvalue weighted by Gasteiger charge is 2.23. The summed E-state index contributed by atoms with van der Waals surface area (Å²) in [6.07, 6.45) is 4.08. The zero-order valence-electron chi connectivity index (χ0n) is 15.1. The molecule has 0 radical (unpaired) electrons. The molecule has 3 rings (SSSR count). The Bertz CT molecular complexity index is 517. The Morgan fingerprint density at radius 1 is 1.32 bits per heavy atom. The van der Waals surface area contributed by atoms with Gasteiger partial charge in [0.15, 0.2) is 0 Å². The van der Waals surface area contributed by atoms with Gasteiger partial charge < -0.3 is 15.4 Å². The van der Waals surface area contributed by atoms with E-state index in [1.165, 1.54) is 18.4 Å². The molecule has 1 aromatic rings. The molecule has 2 N–H and O–H groups in total. The van der Waals surface area contributed by atoms with Crippen LogP contribution in [0.15, 0.2) is 30.3 Å². The lowest BCUT2D eigenvalue weighted by atomic mass is 9.96. The van der Waals surface area contributed by atoms with Crippen LogP contribution in [-0.4, -0.2) is 56.2 Å². The fourth-order valence-corrected chi connectivity index (χ4v) is 3.75. The number of nitrogens with one attached hydrogen (secondary N) is 2. The first kappa shape index (κ1) is 18.4. The minimum absolute atomic E-state index is 0.00816. The van der Waals surface area contributed by atoms with Crippen molar-refractivity contribution >= 4 is 5.91 Å². The standard InChI is InChI=1S/C20H31N3O2/c24-20(22-10-8-17-7-4-9-21-14-17)13-19-16-23(11-12-25-19)15-18-5-2-1-3-6-18/h1-3,5-6,17,19,21H,4,7-16H2,(H,22,24). The van der Waals surface area contributed by atoms with Crippen LogP contribution in [0.1, 0.15) is 31.2 Å². The third-order valence-corrected chi connectivity index (χ3v) is 5.16. The number of morpholine rings is 1. The number of ether oxygens (including phenoxy) is 1. The van der Waals surface area contributed by atoms with Crippen molar-refractivity contribution in [1.82, 2.24) is 15.5 Å². The fourth-order valence-electron chi connectivity index (χ4n) is 3.75. The van der Waals surface area contributed by atoms with Crippen molar-refractivity contribution in [2.75, 3.05) is 39.3 Å². The molecule has 0 aromatic heterocycles. The van der Waals surface area contributed by atoms with E-state index in [2.05, 4.69) is 39.8 Å². The Hall–Kier alpha value is -1.43. The van der Waals surface area contributed by atoms with E-state index in [0.717, 1.165) is 45.7 Å². The lowest BCUT2D eigenvalue weighted by Gasteiger charge is -2.32. The molecule has 1 aromatic carbocycles. The van der Waals surface area contributed by atoms with E-state index in [0.29, 0.717) is 18.9 Å². The van der Waals surface area contributed by atoms with E-state index in [1.54, 1.807) is 0 Å². The van der Waals surface area contributed by atoms with E-state index in [1.807, 2.05) is 6.07 Å². The van der Waals surface area contributed by atoms with Gasteiger partial charge in [-0.05, 0) is 43.8 Å². The molecular weight excluding hydrogens is 314 g/mol. The summed E-state index contributed by atoms with van der Waals surface area (Å²) in [5.74, 6) is 0.830. The van der Waals surface area contributed by atoms with Gasteiger partial charge in [-0.25, -0.2) is 0 Å². The number of hydrogen-bond donors (Lipinski definition) is 2. The summed E-state index contributed by atoms with van der Waals surface area (Å²) in [6, 6.07) is 10.5. The van der Waals surface area contributed by atoms with Gasteiger partial charge in [-0.3, -0.25) is 9.69 Å². The summed E-state index contributed by atoms with van der Waals surface area (Å²) in [5, 5.41) is 6.50. The molecule has 0 bridgehead atoms. The SMILES string of the molecule is O=C(CC1CN(Cc2ccccc2)CCO1)NCCC1CCCNC1. The summed E-state index contributed by atoms with van der Waals surface area (Å²) < 4.78 is 5.80. The molecule has 0 aliphatic carbocycles. The van der Waals surface area contributed by atoms with Crippen molar-refractivity contribution < 1.29 is 9.53 Å². The summed E-state index contributed by atoms with van der Waals surface area (Å²) in [5.41, 5.74) is 1.31. The highest BCUT2D eigenvalue weighted by atomic mass is 16.5. The maximum atomic E-state index is 12.2. The number of carbonyl (C=O) groups excluding carboxylic acids is 1. The summed E-state index contributed by atoms with van der Waals surface area (Å²) in [4.78, 5) is 14.6. The maximum absolute atomic E-state index is 12.2. The summed E-state index contributed by atoms with van der Waals surface area (Å²) in [6.45, 7) is 6.41. The minimum atomic E-state index is 0.00816. The Morgan fingerprint density at radius 2 is 2.20 bits per heavy atom. The van der Waals surface area contributed by atoms with Crippen LogP contribution in [0.3, 0.4) is 0 Å². The number of hydrogen-bond acceptors (Lipinski definition) is 4. The van der Waals surface area contributed by atoms with Crippen LogP contribution in [0, 0.1) is 5.92 Å². The predicted molar refractivity (Wildman–Crippen MR) is 99.3 cm³/mol. The third-order valence-electron chi connectivity index (χ3n) is 5.16. The van der Waals surface area contributed by atoms with Crippen molar-refractivity contribution in [1.29, 1.82) is 0 Å². The smallest absolute Gasteiger partial charge is 0.222 e. The highest BCUT2D eigenvalue weighted by Crippen LogP contribution is 2.14. The van der Waals surface area contributed by atoms with Gasteiger partial charge >= 0.3 is 0 Å². The maximum Gasteiger partial charge on any atom is 0.222 e. The second-order valence-electron chi connectivity index (χ2n) is 7.27. The number of benzene rings is 1. The summed E-state index contributed by atoms with van der Waals surface area (Å²) in [7, 11) is 0. The van der Waals surface area contributed by atoms with Gasteiger partial charge in [-0.2, -0.15) is 0 Å². The van der Waals surface area contributed by atoms with E-state index in [4.69, 9.17) is 4.74 Å². The zero-order chi connectivity index (χ0) is 17.3. The van der Waals surface area contributed by atoms with Gasteiger partial charge in [-0.1, -0.05) is 30.3 Å². The lowest BCUT2D eigenvalue weighted by molar-refractivity contribution is -0.126. The van der Waals surface area contributed by atoms with Crippen molar-refractivity contribution in [3.8, 4) is 0 Å². The van der Waals surface area contributed by atoms with Crippen LogP contribution in [-0.2, 0) is 16.1 Å². The van der Waals surface area contributed by atoms with Crippen LogP contribution >= 0.6 is 0 Å². The Kier molecular flexibility index (Phi) is 7.27. The largest absolute Gasteiger partial charge is 0.375 e. The van der Waals surface area contributed by atoms with Gasteiger partial charge in [0.25, 0.3) is 0 Å². The molecule has 2 aliphatic rings. The lowest BCUT2D eigenvalue weighted by Crippen LogP contribution is -2.44. The van der Waals surface area contributed by atoms with E-state index in [9.17, 15) is 4.79 Å². The van der Waals surface area contributed by atoms with Gasteiger partial charge in [0, 0.05) is 26.2 Å². The molecule has 2 saturated heterocycles. The number of piperidine rings is 1. The highest BCUT2D eigenvalue weighted by molar-refractivity contribution is 5.76. The number of carbonyl (C=O) groups is 1. The first-order valence-corrected chi connectivity index (χ1v) is 9.65. The molecule has 0 saturated carbocycles. The monoisotopic (exact) mass is 345 g/mol. The van der Waals surface area contributed by atoms with E-state index < -0.39 is 0 Å². The molecule has 0 spiro atoms. The van der Waals surface area contributed by atoms with Crippen molar-refractivity contribution in [2.45, 2.75) is 38.3 Å². The number of amides is 1. The third kappa shape index (κ3) is 6.42. The molecule has 25 heavy (non-hydrogen) atoms. The van der Waals surface area contributed by atoms with E-state index >= 15 is 0 Å².